The Morgan fingerprint density at radius 2 is 1.79 bits per heavy atom. The Morgan fingerprint density at radius 3 is 2.48 bits per heavy atom. The molecule has 0 saturated carbocycles. The summed E-state index contributed by atoms with van der Waals surface area (Å²) in [6, 6.07) is 15.5. The first-order chi connectivity index (χ1) is 15.5. The van der Waals surface area contributed by atoms with Crippen LogP contribution in [0, 0.1) is 6.92 Å². The standard InChI is InChI=1S/C24H25N5O2S.H2O.2H2/c1-15(2)32(30)20-10-8-18(9-11-20)21-14-26-16(3)22(27-21)24-29-28-23(31-24)19-7-5-6-17(12-19)13-25-4;;;/h5-12,14-15,25H,13H2,1-4H3;1H2;2*1H. The largest absolute Gasteiger partial charge is 0.415 e. The Labute approximate surface area is 198 Å². The summed E-state index contributed by atoms with van der Waals surface area (Å²) in [6.07, 6.45) is 1.71. The average Bonchev–Trinajstić information content (AvgIpc) is 3.29. The Kier molecular flexibility index (Phi) is 7.80. The Hall–Kier alpha value is -3.27. The number of benzene rings is 2. The van der Waals surface area contributed by atoms with Crippen LogP contribution < -0.4 is 5.32 Å². The van der Waals surface area contributed by atoms with Gasteiger partial charge in [0.05, 0.1) is 28.4 Å². The van der Waals surface area contributed by atoms with Gasteiger partial charge in [-0.1, -0.05) is 38.1 Å². The van der Waals surface area contributed by atoms with Crippen LogP contribution in [0.1, 0.15) is 28.0 Å². The van der Waals surface area contributed by atoms with E-state index in [1.165, 1.54) is 0 Å². The van der Waals surface area contributed by atoms with Gasteiger partial charge in [0.15, 0.2) is 0 Å². The Balaban J connectivity index is 0.00000204. The van der Waals surface area contributed by atoms with Gasteiger partial charge in [0.2, 0.25) is 5.89 Å². The van der Waals surface area contributed by atoms with Crippen LogP contribution in [-0.2, 0) is 17.3 Å². The maximum Gasteiger partial charge on any atom is 0.268 e. The lowest BCUT2D eigenvalue weighted by atomic mass is 10.1. The summed E-state index contributed by atoms with van der Waals surface area (Å²) in [7, 11) is 0.876. The predicted octanol–water partition coefficient (Wildman–Crippen LogP) is 4.07. The van der Waals surface area contributed by atoms with Gasteiger partial charge >= 0.3 is 0 Å². The Morgan fingerprint density at radius 1 is 1.06 bits per heavy atom. The van der Waals surface area contributed by atoms with Crippen molar-refractivity contribution in [2.75, 3.05) is 7.05 Å². The van der Waals surface area contributed by atoms with E-state index in [0.29, 0.717) is 28.9 Å². The summed E-state index contributed by atoms with van der Waals surface area (Å²) >= 11 is 0. The zero-order valence-corrected chi connectivity index (χ0v) is 19.8. The van der Waals surface area contributed by atoms with E-state index < -0.39 is 10.8 Å². The third kappa shape index (κ3) is 5.39. The molecular weight excluding hydrogens is 438 g/mol. The number of hydrogen-bond donors (Lipinski definition) is 1. The molecule has 0 spiro atoms. The molecule has 0 amide bonds. The minimum absolute atomic E-state index is 0. The molecule has 2 aromatic carbocycles. The van der Waals surface area contributed by atoms with Crippen LogP contribution >= 0.6 is 0 Å². The van der Waals surface area contributed by atoms with Crippen LogP contribution in [-0.4, -0.2) is 42.1 Å². The molecule has 0 bridgehead atoms. The van der Waals surface area contributed by atoms with E-state index in [9.17, 15) is 4.21 Å². The average molecular weight is 470 g/mol. The number of nitrogens with one attached hydrogen (secondary N) is 1. The molecule has 0 radical (unpaired) electrons. The number of aryl methyl sites for hydroxylation is 1. The zero-order chi connectivity index (χ0) is 22.7. The first-order valence-corrected chi connectivity index (χ1v) is 11.6. The highest BCUT2D eigenvalue weighted by Crippen LogP contribution is 2.27. The minimum atomic E-state index is -1.03. The SMILES string of the molecule is CNCc1cccc(-c2nnc(-c3nc(-c4ccc(S(=O)C(C)C)cc4)cnc3C)o2)c1.O.[HH].[HH]. The van der Waals surface area contributed by atoms with E-state index in [2.05, 4.69) is 20.5 Å². The van der Waals surface area contributed by atoms with Gasteiger partial charge in [-0.15, -0.1) is 10.2 Å². The van der Waals surface area contributed by atoms with Crippen molar-refractivity contribution < 1.29 is 17.0 Å². The van der Waals surface area contributed by atoms with E-state index in [1.54, 1.807) is 6.20 Å². The van der Waals surface area contributed by atoms with Gasteiger partial charge in [0, 0.05) is 30.7 Å². The maximum atomic E-state index is 12.3. The van der Waals surface area contributed by atoms with Gasteiger partial charge in [-0.2, -0.15) is 0 Å². The lowest BCUT2D eigenvalue weighted by Crippen LogP contribution is -2.05. The van der Waals surface area contributed by atoms with Gasteiger partial charge in [0.25, 0.3) is 5.89 Å². The third-order valence-electron chi connectivity index (χ3n) is 4.95. The minimum Gasteiger partial charge on any atom is -0.415 e. The van der Waals surface area contributed by atoms with Crippen molar-refractivity contribution >= 4 is 10.8 Å². The van der Waals surface area contributed by atoms with Crippen molar-refractivity contribution in [3.8, 4) is 34.3 Å². The van der Waals surface area contributed by atoms with Gasteiger partial charge in [0.1, 0.15) is 5.69 Å². The molecule has 0 saturated heterocycles. The van der Waals surface area contributed by atoms with Crippen LogP contribution in [0.3, 0.4) is 0 Å². The number of hydrogen-bond acceptors (Lipinski definition) is 7. The number of aromatic nitrogens is 4. The normalized spacial score (nSPS) is 11.9. The molecule has 4 rings (SSSR count). The lowest BCUT2D eigenvalue weighted by molar-refractivity contribution is 0.581. The molecule has 2 heterocycles. The third-order valence-corrected chi connectivity index (χ3v) is 6.54. The Bertz CT molecular complexity index is 1270. The molecule has 8 nitrogen and oxygen atoms in total. The first kappa shape index (κ1) is 24.4. The van der Waals surface area contributed by atoms with Gasteiger partial charge < -0.3 is 15.2 Å². The quantitative estimate of drug-likeness (QED) is 0.432. The summed E-state index contributed by atoms with van der Waals surface area (Å²) in [4.78, 5) is 10.0. The molecule has 33 heavy (non-hydrogen) atoms. The highest BCUT2D eigenvalue weighted by atomic mass is 32.2. The summed E-state index contributed by atoms with van der Waals surface area (Å²) in [5, 5.41) is 11.6. The van der Waals surface area contributed by atoms with E-state index >= 15 is 0 Å². The molecule has 0 aliphatic heterocycles. The van der Waals surface area contributed by atoms with E-state index in [4.69, 9.17) is 9.40 Å². The zero-order valence-electron chi connectivity index (χ0n) is 19.0. The maximum absolute atomic E-state index is 12.3. The molecule has 2 aromatic heterocycles. The number of rotatable bonds is 7. The van der Waals surface area contributed by atoms with Gasteiger partial charge in [-0.05, 0) is 43.8 Å². The topological polar surface area (TPSA) is 125 Å². The lowest BCUT2D eigenvalue weighted by Gasteiger charge is -2.08. The molecule has 1 unspecified atom stereocenters. The van der Waals surface area contributed by atoms with Crippen molar-refractivity contribution in [2.24, 2.45) is 0 Å². The first-order valence-electron chi connectivity index (χ1n) is 10.4. The highest BCUT2D eigenvalue weighted by Gasteiger charge is 2.17. The summed E-state index contributed by atoms with van der Waals surface area (Å²) < 4.78 is 18.3. The fourth-order valence-corrected chi connectivity index (χ4v) is 4.23. The van der Waals surface area contributed by atoms with Crippen molar-refractivity contribution in [1.29, 1.82) is 0 Å². The monoisotopic (exact) mass is 469 g/mol. The predicted molar refractivity (Wildman–Crippen MR) is 133 cm³/mol. The molecule has 3 N–H and O–H groups in total. The van der Waals surface area contributed by atoms with Crippen molar-refractivity contribution in [3.63, 3.8) is 0 Å². The van der Waals surface area contributed by atoms with Crippen LogP contribution in [0.4, 0.5) is 0 Å². The van der Waals surface area contributed by atoms with E-state index in [1.807, 2.05) is 76.3 Å². The van der Waals surface area contributed by atoms with Crippen molar-refractivity contribution in [1.82, 2.24) is 25.5 Å². The van der Waals surface area contributed by atoms with Crippen LogP contribution in [0.15, 0.2) is 64.0 Å². The van der Waals surface area contributed by atoms with Crippen LogP contribution in [0.2, 0.25) is 0 Å². The van der Waals surface area contributed by atoms with Crippen LogP contribution in [0.25, 0.3) is 34.3 Å². The van der Waals surface area contributed by atoms with E-state index in [0.717, 1.165) is 28.1 Å². The number of nitrogens with zero attached hydrogens (tertiary/aromatic N) is 4. The molecule has 1 atom stereocenters. The molecule has 0 aliphatic carbocycles. The summed E-state index contributed by atoms with van der Waals surface area (Å²) in [6.45, 7) is 6.50. The van der Waals surface area contributed by atoms with Gasteiger partial charge in [-0.3, -0.25) is 9.19 Å². The second kappa shape index (κ2) is 10.6. The van der Waals surface area contributed by atoms with Crippen LogP contribution in [0.5, 0.6) is 0 Å². The molecule has 176 valence electrons. The summed E-state index contributed by atoms with van der Waals surface area (Å²) in [5.41, 5.74) is 4.79. The van der Waals surface area contributed by atoms with Gasteiger partial charge in [-0.25, -0.2) is 4.98 Å². The molecule has 4 aromatic rings. The molecular formula is C24H31N5O3S. The smallest absolute Gasteiger partial charge is 0.268 e. The molecule has 9 heteroatoms. The highest BCUT2D eigenvalue weighted by molar-refractivity contribution is 7.85. The second-order valence-corrected chi connectivity index (χ2v) is 9.71. The fourth-order valence-electron chi connectivity index (χ4n) is 3.28. The fraction of sp³-hybridized carbons (Fsp3) is 0.250. The summed E-state index contributed by atoms with van der Waals surface area (Å²) in [5.74, 6) is 0.758. The van der Waals surface area contributed by atoms with E-state index in [-0.39, 0.29) is 13.6 Å². The molecule has 0 aliphatic rings. The van der Waals surface area contributed by atoms with Crippen molar-refractivity contribution in [2.45, 2.75) is 37.5 Å². The second-order valence-electron chi connectivity index (χ2n) is 7.70. The molecule has 0 fully saturated rings. The van der Waals surface area contributed by atoms with Crippen molar-refractivity contribution in [3.05, 3.63) is 66.0 Å².